The molecule has 0 radical (unpaired) electrons. The molecule has 1 saturated carbocycles. The molecule has 34 heavy (non-hydrogen) atoms. The number of hydrogen-bond donors (Lipinski definition) is 2. The highest BCUT2D eigenvalue weighted by Crippen LogP contribution is 2.35. The highest BCUT2D eigenvalue weighted by molar-refractivity contribution is 5.90. The molecular formula is C27H37N5O2. The van der Waals surface area contributed by atoms with Crippen LogP contribution in [0.3, 0.4) is 0 Å². The van der Waals surface area contributed by atoms with Gasteiger partial charge in [-0.15, -0.1) is 0 Å². The number of carbonyl (C=O) groups excluding carboxylic acids is 2. The van der Waals surface area contributed by atoms with Crippen molar-refractivity contribution in [3.05, 3.63) is 47.9 Å². The number of nitrogens with one attached hydrogen (secondary N) is 2. The van der Waals surface area contributed by atoms with Gasteiger partial charge in [-0.05, 0) is 64.1 Å². The van der Waals surface area contributed by atoms with Gasteiger partial charge in [-0.2, -0.15) is 0 Å². The predicted molar refractivity (Wildman–Crippen MR) is 133 cm³/mol. The van der Waals surface area contributed by atoms with Crippen molar-refractivity contribution in [3.8, 4) is 11.3 Å². The Morgan fingerprint density at radius 1 is 1.06 bits per heavy atom. The fraction of sp³-hybridized carbons (Fsp3) is 0.556. The molecule has 2 heterocycles. The van der Waals surface area contributed by atoms with Crippen LogP contribution in [-0.2, 0) is 9.59 Å². The summed E-state index contributed by atoms with van der Waals surface area (Å²) in [5, 5.41) is 6.09. The third kappa shape index (κ3) is 5.30. The van der Waals surface area contributed by atoms with E-state index in [9.17, 15) is 9.59 Å². The lowest BCUT2D eigenvalue weighted by atomic mass is 9.83. The minimum atomic E-state index is -0.484. The molecule has 0 spiro atoms. The van der Waals surface area contributed by atoms with Gasteiger partial charge in [-0.25, -0.2) is 9.97 Å². The second kappa shape index (κ2) is 11.1. The zero-order valence-corrected chi connectivity index (χ0v) is 20.6. The normalized spacial score (nSPS) is 20.7. The van der Waals surface area contributed by atoms with Gasteiger partial charge in [0, 0.05) is 12.1 Å². The first kappa shape index (κ1) is 24.3. The van der Waals surface area contributed by atoms with Crippen LogP contribution in [0.4, 0.5) is 0 Å². The third-order valence-corrected chi connectivity index (χ3v) is 7.50. The molecule has 1 aliphatic heterocycles. The summed E-state index contributed by atoms with van der Waals surface area (Å²) in [6.07, 6.45) is 8.79. The highest BCUT2D eigenvalue weighted by atomic mass is 16.2. The molecule has 7 heteroatoms. The Morgan fingerprint density at radius 3 is 2.56 bits per heavy atom. The Bertz CT molecular complexity index is 1000. The number of carbonyl (C=O) groups is 2. The summed E-state index contributed by atoms with van der Waals surface area (Å²) in [4.78, 5) is 37.7. The Kier molecular flexibility index (Phi) is 7.93. The van der Waals surface area contributed by atoms with Gasteiger partial charge in [0.1, 0.15) is 12.4 Å². The van der Waals surface area contributed by atoms with Gasteiger partial charge in [0.15, 0.2) is 0 Å². The Balaban J connectivity index is 1.59. The Morgan fingerprint density at radius 2 is 1.82 bits per heavy atom. The molecule has 2 aliphatic rings. The highest BCUT2D eigenvalue weighted by Gasteiger charge is 2.39. The first-order chi connectivity index (χ1) is 16.5. The molecule has 1 aromatic heterocycles. The van der Waals surface area contributed by atoms with E-state index in [0.29, 0.717) is 6.54 Å². The summed E-state index contributed by atoms with van der Waals surface area (Å²) in [7, 11) is 1.76. The number of aryl methyl sites for hydroxylation is 1. The Labute approximate surface area is 202 Å². The predicted octanol–water partition coefficient (Wildman–Crippen LogP) is 3.79. The second-order valence-corrected chi connectivity index (χ2v) is 9.73. The molecule has 2 fully saturated rings. The number of benzene rings is 1. The first-order valence-corrected chi connectivity index (χ1v) is 12.7. The third-order valence-electron chi connectivity index (χ3n) is 7.50. The lowest BCUT2D eigenvalue weighted by Gasteiger charge is -2.35. The fourth-order valence-corrected chi connectivity index (χ4v) is 5.34. The molecule has 2 aromatic rings. The number of nitrogens with zero attached hydrogens (tertiary/aromatic N) is 3. The van der Waals surface area contributed by atoms with Gasteiger partial charge in [0.2, 0.25) is 11.8 Å². The zero-order chi connectivity index (χ0) is 24.1. The van der Waals surface area contributed by atoms with E-state index in [1.165, 1.54) is 6.42 Å². The maximum absolute atomic E-state index is 13.9. The van der Waals surface area contributed by atoms with Crippen molar-refractivity contribution < 1.29 is 9.59 Å². The molecule has 2 N–H and O–H groups in total. The van der Waals surface area contributed by atoms with Gasteiger partial charge < -0.3 is 15.5 Å². The quantitative estimate of drug-likeness (QED) is 0.652. The number of amides is 2. The van der Waals surface area contributed by atoms with Crippen LogP contribution in [0.25, 0.3) is 11.3 Å². The van der Waals surface area contributed by atoms with Crippen molar-refractivity contribution in [1.82, 2.24) is 25.5 Å². The fourth-order valence-electron chi connectivity index (χ4n) is 5.34. The van der Waals surface area contributed by atoms with Gasteiger partial charge in [-0.3, -0.25) is 9.59 Å². The molecule has 4 rings (SSSR count). The molecule has 1 aliphatic carbocycles. The van der Waals surface area contributed by atoms with Crippen molar-refractivity contribution in [1.29, 1.82) is 0 Å². The maximum atomic E-state index is 13.9. The zero-order valence-electron chi connectivity index (χ0n) is 20.6. The van der Waals surface area contributed by atoms with Crippen LogP contribution in [0.2, 0.25) is 0 Å². The summed E-state index contributed by atoms with van der Waals surface area (Å²) < 4.78 is 0. The monoisotopic (exact) mass is 463 g/mol. The number of aromatic nitrogens is 2. The average Bonchev–Trinajstić information content (AvgIpc) is 3.37. The van der Waals surface area contributed by atoms with E-state index in [0.717, 1.165) is 61.0 Å². The second-order valence-electron chi connectivity index (χ2n) is 9.73. The van der Waals surface area contributed by atoms with E-state index in [2.05, 4.69) is 39.7 Å². The lowest BCUT2D eigenvalue weighted by molar-refractivity contribution is -0.139. The van der Waals surface area contributed by atoms with Crippen molar-refractivity contribution in [2.75, 3.05) is 13.6 Å². The molecule has 182 valence electrons. The number of rotatable bonds is 7. The Hall–Kier alpha value is -2.80. The van der Waals surface area contributed by atoms with Crippen LogP contribution in [-0.4, -0.2) is 52.4 Å². The lowest BCUT2D eigenvalue weighted by Crippen LogP contribution is -2.55. The van der Waals surface area contributed by atoms with E-state index < -0.39 is 6.04 Å². The summed E-state index contributed by atoms with van der Waals surface area (Å²) in [6.45, 7) is 4.59. The van der Waals surface area contributed by atoms with Crippen molar-refractivity contribution in [2.24, 2.45) is 5.92 Å². The van der Waals surface area contributed by atoms with Gasteiger partial charge in [0.05, 0.1) is 23.5 Å². The standard InChI is InChI=1S/C27H37N5O2/c1-18-10-7-8-13-21(18)22-16-23(30-17-29-22)24-14-9-15-32(24)27(34)25(20-11-5-4-6-12-20)31-26(33)19(2)28-3/h7-8,10,13,16-17,19-20,24-25,28H,4-6,9,11-12,14-15H2,1-3H3,(H,31,33). The minimum Gasteiger partial charge on any atom is -0.343 e. The summed E-state index contributed by atoms with van der Waals surface area (Å²) in [5.74, 6) is 0.0941. The first-order valence-electron chi connectivity index (χ1n) is 12.7. The maximum Gasteiger partial charge on any atom is 0.246 e. The van der Waals surface area contributed by atoms with E-state index in [1.54, 1.807) is 13.4 Å². The van der Waals surface area contributed by atoms with Crippen LogP contribution >= 0.6 is 0 Å². The molecule has 1 saturated heterocycles. The average molecular weight is 464 g/mol. The van der Waals surface area contributed by atoms with E-state index in [1.807, 2.05) is 30.0 Å². The van der Waals surface area contributed by atoms with E-state index in [4.69, 9.17) is 0 Å². The molecule has 3 atom stereocenters. The van der Waals surface area contributed by atoms with Crippen molar-refractivity contribution in [2.45, 2.75) is 76.9 Å². The van der Waals surface area contributed by atoms with Crippen LogP contribution in [0.1, 0.15) is 69.2 Å². The topological polar surface area (TPSA) is 87.2 Å². The number of likely N-dealkylation sites (N-methyl/N-ethyl adjacent to an activating group) is 1. The van der Waals surface area contributed by atoms with Crippen LogP contribution in [0.15, 0.2) is 36.7 Å². The van der Waals surface area contributed by atoms with E-state index in [-0.39, 0.29) is 29.8 Å². The minimum absolute atomic E-state index is 0.0297. The number of hydrogen-bond acceptors (Lipinski definition) is 5. The van der Waals surface area contributed by atoms with Crippen LogP contribution in [0.5, 0.6) is 0 Å². The summed E-state index contributed by atoms with van der Waals surface area (Å²) >= 11 is 0. The van der Waals surface area contributed by atoms with Crippen molar-refractivity contribution in [3.63, 3.8) is 0 Å². The van der Waals surface area contributed by atoms with Gasteiger partial charge in [0.25, 0.3) is 0 Å². The molecule has 2 amide bonds. The molecular weight excluding hydrogens is 426 g/mol. The molecule has 0 bridgehead atoms. The smallest absolute Gasteiger partial charge is 0.246 e. The van der Waals surface area contributed by atoms with Gasteiger partial charge in [-0.1, -0.05) is 43.5 Å². The molecule has 3 unspecified atom stereocenters. The molecule has 7 nitrogen and oxygen atoms in total. The summed E-state index contributed by atoms with van der Waals surface area (Å²) in [6, 6.07) is 9.28. The number of likely N-dealkylation sites (tertiary alicyclic amines) is 1. The van der Waals surface area contributed by atoms with Crippen LogP contribution < -0.4 is 10.6 Å². The summed E-state index contributed by atoms with van der Waals surface area (Å²) in [5.41, 5.74) is 3.99. The SMILES string of the molecule is CNC(C)C(=O)NC(C(=O)N1CCCC1c1cc(-c2ccccc2C)ncn1)C1CCCCC1. The van der Waals surface area contributed by atoms with Crippen molar-refractivity contribution >= 4 is 11.8 Å². The van der Waals surface area contributed by atoms with E-state index >= 15 is 0 Å². The van der Waals surface area contributed by atoms with Crippen LogP contribution in [0, 0.1) is 12.8 Å². The van der Waals surface area contributed by atoms with Gasteiger partial charge >= 0.3 is 0 Å². The molecule has 1 aromatic carbocycles. The largest absolute Gasteiger partial charge is 0.343 e.